The average Bonchev–Trinajstić information content (AvgIpc) is 3.22. The second-order valence-corrected chi connectivity index (χ2v) is 15.3. The highest BCUT2D eigenvalue weighted by atomic mass is 31.2. The lowest BCUT2D eigenvalue weighted by atomic mass is 10.1. The lowest BCUT2D eigenvalue weighted by Crippen LogP contribution is -2.29. The Kier molecular flexibility index (Phi) is 41.3. The predicted octanol–water partition coefficient (Wildman–Crippen LogP) is 12.9. The zero-order chi connectivity index (χ0) is 43.2. The van der Waals surface area contributed by atoms with E-state index in [4.69, 9.17) is 24.3 Å². The van der Waals surface area contributed by atoms with Crippen LogP contribution in [-0.2, 0) is 32.7 Å². The number of nitrogens with two attached hydrogens (primary N) is 1. The number of unbranched alkanes of at least 4 members (excludes halogenated alkanes) is 6. The van der Waals surface area contributed by atoms with Crippen LogP contribution >= 0.6 is 7.82 Å². The van der Waals surface area contributed by atoms with Crippen molar-refractivity contribution in [3.63, 3.8) is 0 Å². The minimum absolute atomic E-state index is 0.0309. The molecule has 1 unspecified atom stereocenters. The van der Waals surface area contributed by atoms with Gasteiger partial charge in [0.1, 0.15) is 6.61 Å². The Morgan fingerprint density at radius 1 is 0.525 bits per heavy atom. The molecule has 0 aromatic heterocycles. The molecular formula is C49H78NO8P. The van der Waals surface area contributed by atoms with Crippen molar-refractivity contribution in [2.75, 3.05) is 26.4 Å². The van der Waals surface area contributed by atoms with E-state index >= 15 is 0 Å². The van der Waals surface area contributed by atoms with Crippen LogP contribution < -0.4 is 5.73 Å². The minimum Gasteiger partial charge on any atom is -0.462 e. The summed E-state index contributed by atoms with van der Waals surface area (Å²) in [6.45, 7) is 3.43. The summed E-state index contributed by atoms with van der Waals surface area (Å²) in [6, 6.07) is 0. The molecule has 0 spiro atoms. The Bertz CT molecular complexity index is 1370. The maximum absolute atomic E-state index is 12.6. The molecule has 0 saturated heterocycles. The SMILES string of the molecule is CC/C=C/C/C=C/C/C=C/C/C=C/C/C=C/C/C=C/CCC(=O)OC[C@H](COP(=O)(O)OCCN)OC(=O)CCCCC/C=C/C/C=C/C/C=C/C/C=C/CCCCC. The molecule has 0 aromatic rings. The zero-order valence-corrected chi connectivity index (χ0v) is 37.3. The van der Waals surface area contributed by atoms with Crippen molar-refractivity contribution in [3.8, 4) is 0 Å². The summed E-state index contributed by atoms with van der Waals surface area (Å²) in [4.78, 5) is 34.9. The van der Waals surface area contributed by atoms with E-state index in [0.717, 1.165) is 77.0 Å². The van der Waals surface area contributed by atoms with Crippen molar-refractivity contribution in [1.82, 2.24) is 0 Å². The van der Waals surface area contributed by atoms with E-state index in [2.05, 4.69) is 123 Å². The van der Waals surface area contributed by atoms with Crippen LogP contribution in [0.3, 0.4) is 0 Å². The average molecular weight is 840 g/mol. The molecule has 9 nitrogen and oxygen atoms in total. The first-order chi connectivity index (χ1) is 28.8. The van der Waals surface area contributed by atoms with Crippen LogP contribution in [-0.4, -0.2) is 49.3 Å². The molecule has 0 amide bonds. The van der Waals surface area contributed by atoms with E-state index < -0.39 is 32.5 Å². The number of esters is 2. The van der Waals surface area contributed by atoms with Gasteiger partial charge in [0.15, 0.2) is 6.10 Å². The van der Waals surface area contributed by atoms with Gasteiger partial charge in [-0.3, -0.25) is 18.6 Å². The molecule has 0 aliphatic heterocycles. The van der Waals surface area contributed by atoms with E-state index in [0.29, 0.717) is 12.8 Å². The Morgan fingerprint density at radius 3 is 1.42 bits per heavy atom. The predicted molar refractivity (Wildman–Crippen MR) is 247 cm³/mol. The van der Waals surface area contributed by atoms with E-state index in [-0.39, 0.29) is 32.6 Å². The highest BCUT2D eigenvalue weighted by molar-refractivity contribution is 7.47. The summed E-state index contributed by atoms with van der Waals surface area (Å²) >= 11 is 0. The largest absolute Gasteiger partial charge is 0.472 e. The van der Waals surface area contributed by atoms with Gasteiger partial charge in [0.25, 0.3) is 0 Å². The van der Waals surface area contributed by atoms with Gasteiger partial charge in [0, 0.05) is 19.4 Å². The highest BCUT2D eigenvalue weighted by Gasteiger charge is 2.25. The van der Waals surface area contributed by atoms with Gasteiger partial charge in [-0.1, -0.05) is 155 Å². The number of phosphoric acid groups is 1. The summed E-state index contributed by atoms with van der Waals surface area (Å²) in [5.41, 5.74) is 5.34. The Hall–Kier alpha value is -3.59. The van der Waals surface area contributed by atoms with E-state index in [1.54, 1.807) is 0 Å². The molecule has 3 N–H and O–H groups in total. The molecule has 0 radical (unpaired) electrons. The third kappa shape index (κ3) is 43.8. The number of rotatable bonds is 39. The molecule has 2 atom stereocenters. The molecule has 0 fully saturated rings. The van der Waals surface area contributed by atoms with Gasteiger partial charge in [0.2, 0.25) is 0 Å². The van der Waals surface area contributed by atoms with Crippen molar-refractivity contribution < 1.29 is 37.6 Å². The summed E-state index contributed by atoms with van der Waals surface area (Å²) in [6.07, 6.45) is 59.6. The van der Waals surface area contributed by atoms with Gasteiger partial charge >= 0.3 is 19.8 Å². The van der Waals surface area contributed by atoms with Gasteiger partial charge in [-0.15, -0.1) is 0 Å². The van der Waals surface area contributed by atoms with Gasteiger partial charge in [-0.05, 0) is 96.3 Å². The van der Waals surface area contributed by atoms with Crippen LogP contribution in [0.5, 0.6) is 0 Å². The molecule has 332 valence electrons. The summed E-state index contributed by atoms with van der Waals surface area (Å²) in [5.74, 6) is -0.977. The second-order valence-electron chi connectivity index (χ2n) is 13.8. The fourth-order valence-electron chi connectivity index (χ4n) is 5.11. The van der Waals surface area contributed by atoms with Gasteiger partial charge in [-0.2, -0.15) is 0 Å². The smallest absolute Gasteiger partial charge is 0.462 e. The maximum atomic E-state index is 12.6. The number of carbonyl (C=O) groups is 2. The Morgan fingerprint density at radius 2 is 0.966 bits per heavy atom. The number of phosphoric ester groups is 1. The molecule has 0 aliphatic rings. The minimum atomic E-state index is -4.41. The second kappa shape index (κ2) is 44.0. The maximum Gasteiger partial charge on any atom is 0.472 e. The Balaban J connectivity index is 4.37. The van der Waals surface area contributed by atoms with Crippen LogP contribution in [0.1, 0.15) is 142 Å². The van der Waals surface area contributed by atoms with E-state index in [9.17, 15) is 19.0 Å². The van der Waals surface area contributed by atoms with Gasteiger partial charge in [-0.25, -0.2) is 4.57 Å². The van der Waals surface area contributed by atoms with Crippen LogP contribution in [0.2, 0.25) is 0 Å². The van der Waals surface area contributed by atoms with Crippen LogP contribution in [0.4, 0.5) is 0 Å². The monoisotopic (exact) mass is 840 g/mol. The third-order valence-electron chi connectivity index (χ3n) is 8.35. The topological polar surface area (TPSA) is 134 Å². The van der Waals surface area contributed by atoms with Crippen LogP contribution in [0.25, 0.3) is 0 Å². The molecule has 10 heteroatoms. The fraction of sp³-hybridized carbons (Fsp3) is 0.551. The van der Waals surface area contributed by atoms with Gasteiger partial charge in [0.05, 0.1) is 13.2 Å². The van der Waals surface area contributed by atoms with Crippen molar-refractivity contribution in [2.24, 2.45) is 5.73 Å². The molecule has 0 saturated carbocycles. The first-order valence-corrected chi connectivity index (χ1v) is 23.5. The standard InChI is InChI=1S/C49H78NO8P/c1-3-5-7-9-11-13-15-17-19-21-23-25-27-29-31-33-35-37-39-41-48(51)55-45-47(46-57-59(53,54)56-44-43-50)58-49(52)42-40-38-36-34-32-30-28-26-24-22-20-18-16-14-12-10-8-6-4-2/h5,7,11-14,17-20,23-26,29-32,35,37,47H,3-4,6,8-10,15-16,21-22,27-28,33-34,36,38-46,50H2,1-2H3,(H,53,54)/b7-5+,13-11+,14-12+,19-17+,20-18+,25-23+,26-24+,31-29+,32-30+,37-35+/t47-/m1/s1. The molecule has 0 aliphatic carbocycles. The molecular weight excluding hydrogens is 762 g/mol. The Labute approximate surface area is 358 Å². The first kappa shape index (κ1) is 55.4. The molecule has 0 bridgehead atoms. The number of allylic oxidation sites excluding steroid dienone is 20. The molecule has 0 rings (SSSR count). The first-order valence-electron chi connectivity index (χ1n) is 22.0. The van der Waals surface area contributed by atoms with Crippen LogP contribution in [0.15, 0.2) is 122 Å². The highest BCUT2D eigenvalue weighted by Crippen LogP contribution is 2.43. The molecule has 59 heavy (non-hydrogen) atoms. The number of hydrogen-bond donors (Lipinski definition) is 2. The van der Waals surface area contributed by atoms with E-state index in [1.807, 2.05) is 12.2 Å². The van der Waals surface area contributed by atoms with Crippen molar-refractivity contribution in [2.45, 2.75) is 148 Å². The summed E-state index contributed by atoms with van der Waals surface area (Å²) < 4.78 is 32.7. The molecule has 0 heterocycles. The van der Waals surface area contributed by atoms with E-state index in [1.165, 1.54) is 25.7 Å². The molecule has 0 aromatic carbocycles. The third-order valence-corrected chi connectivity index (χ3v) is 9.33. The summed E-state index contributed by atoms with van der Waals surface area (Å²) in [5, 5.41) is 0. The van der Waals surface area contributed by atoms with Gasteiger partial charge < -0.3 is 20.1 Å². The van der Waals surface area contributed by atoms with Crippen LogP contribution in [0, 0.1) is 0 Å². The van der Waals surface area contributed by atoms with Crippen molar-refractivity contribution in [3.05, 3.63) is 122 Å². The number of hydrogen-bond acceptors (Lipinski definition) is 8. The lowest BCUT2D eigenvalue weighted by Gasteiger charge is -2.19. The van der Waals surface area contributed by atoms with Crippen molar-refractivity contribution in [1.29, 1.82) is 0 Å². The zero-order valence-electron chi connectivity index (χ0n) is 36.4. The van der Waals surface area contributed by atoms with Crippen molar-refractivity contribution >= 4 is 19.8 Å². The summed E-state index contributed by atoms with van der Waals surface area (Å²) in [7, 11) is -4.41. The fourth-order valence-corrected chi connectivity index (χ4v) is 5.88. The quantitative estimate of drug-likeness (QED) is 0.0268. The lowest BCUT2D eigenvalue weighted by molar-refractivity contribution is -0.161. The number of ether oxygens (including phenoxy) is 2. The normalized spacial score (nSPS) is 14.4. The number of carbonyl (C=O) groups excluding carboxylic acids is 2.